The van der Waals surface area contributed by atoms with E-state index < -0.39 is 5.97 Å². The first-order chi connectivity index (χ1) is 8.22. The van der Waals surface area contributed by atoms with Gasteiger partial charge < -0.3 is 4.98 Å². The van der Waals surface area contributed by atoms with Crippen LogP contribution in [0.2, 0.25) is 0 Å². The fraction of sp³-hybridized carbons (Fsp3) is 0.308. The molecule has 2 rings (SSSR count). The number of aromatic amines is 1. The monoisotopic (exact) mass is 237 g/mol. The lowest BCUT2D eigenvalue weighted by atomic mass is 10.1. The van der Waals surface area contributed by atoms with E-state index in [-0.39, 0.29) is 6.42 Å². The summed E-state index contributed by atoms with van der Waals surface area (Å²) in [5.41, 5.74) is 2.59. The molecule has 0 saturated heterocycles. The van der Waals surface area contributed by atoms with Gasteiger partial charge in [-0.2, -0.15) is 0 Å². The number of carbonyl (C=O) groups is 1. The maximum Gasteiger partial charge on any atom is 0.353 e. The molecule has 0 aliphatic carbocycles. The normalized spacial score (nSPS) is 9.65. The Balaban J connectivity index is 0.000000686. The zero-order chi connectivity index (χ0) is 12.8. The topological polar surface area (TPSA) is 42.1 Å². The Morgan fingerprint density at radius 2 is 2.00 bits per heavy atom. The van der Waals surface area contributed by atoms with Crippen molar-refractivity contribution in [2.45, 2.75) is 27.2 Å². The number of H-pyrrole nitrogens is 1. The molecule has 0 saturated carbocycles. The molecule has 0 aliphatic heterocycles. The van der Waals surface area contributed by atoms with Crippen LogP contribution in [0.1, 0.15) is 25.1 Å². The Labute approximate surface area is 99.5 Å². The van der Waals surface area contributed by atoms with Crippen molar-refractivity contribution in [1.82, 2.24) is 4.98 Å². The third-order valence-corrected chi connectivity index (χ3v) is 2.43. The average Bonchev–Trinajstić information content (AvgIpc) is 2.68. The molecule has 0 unspecified atom stereocenters. The van der Waals surface area contributed by atoms with Gasteiger partial charge >= 0.3 is 5.97 Å². The summed E-state index contributed by atoms with van der Waals surface area (Å²) in [6.45, 7) is 5.85. The Hall–Kier alpha value is -1.84. The fourth-order valence-electron chi connectivity index (χ4n) is 1.73. The molecule has 0 atom stereocenters. The van der Waals surface area contributed by atoms with Gasteiger partial charge in [0.05, 0.1) is 6.42 Å². The highest BCUT2D eigenvalue weighted by atomic mass is 19.3. The molecule has 0 spiro atoms. The number of hydrogen-bond acceptors (Lipinski definition) is 2. The first-order valence-electron chi connectivity index (χ1n) is 5.60. The predicted molar refractivity (Wildman–Crippen MR) is 65.3 cm³/mol. The lowest BCUT2D eigenvalue weighted by Crippen LogP contribution is -2.02. The molecule has 0 bridgehead atoms. The van der Waals surface area contributed by atoms with Gasteiger partial charge in [-0.05, 0) is 18.6 Å². The molecule has 17 heavy (non-hydrogen) atoms. The van der Waals surface area contributed by atoms with Crippen molar-refractivity contribution in [2.24, 2.45) is 0 Å². The number of aryl methyl sites for hydroxylation is 1. The van der Waals surface area contributed by atoms with Crippen molar-refractivity contribution < 1.29 is 14.3 Å². The molecule has 0 amide bonds. The summed E-state index contributed by atoms with van der Waals surface area (Å²) in [7, 11) is 0. The van der Waals surface area contributed by atoms with Gasteiger partial charge in [0.25, 0.3) is 0 Å². The summed E-state index contributed by atoms with van der Waals surface area (Å²) in [6.07, 6.45) is -0.0493. The summed E-state index contributed by atoms with van der Waals surface area (Å²) in [6, 6.07) is 7.57. The Morgan fingerprint density at radius 1 is 1.35 bits per heavy atom. The summed E-state index contributed by atoms with van der Waals surface area (Å²) >= 11 is 0. The van der Waals surface area contributed by atoms with Crippen LogP contribution in [-0.2, 0) is 16.2 Å². The van der Waals surface area contributed by atoms with Crippen LogP contribution in [0, 0.1) is 6.92 Å². The average molecular weight is 237 g/mol. The minimum absolute atomic E-state index is 0.0493. The van der Waals surface area contributed by atoms with E-state index in [0.29, 0.717) is 0 Å². The lowest BCUT2D eigenvalue weighted by molar-refractivity contribution is -0.182. The van der Waals surface area contributed by atoms with Crippen molar-refractivity contribution in [3.8, 4) is 0 Å². The van der Waals surface area contributed by atoms with Crippen LogP contribution in [0.3, 0.4) is 0 Å². The first-order valence-corrected chi connectivity index (χ1v) is 5.60. The Morgan fingerprint density at radius 3 is 2.65 bits per heavy atom. The number of aromatic nitrogens is 1. The second kappa shape index (κ2) is 6.03. The molecule has 0 fully saturated rings. The summed E-state index contributed by atoms with van der Waals surface area (Å²) in [5.74, 6) is -0.872. The minimum atomic E-state index is -0.872. The Kier molecular flexibility index (Phi) is 4.69. The summed E-state index contributed by atoms with van der Waals surface area (Å²) in [4.78, 5) is 17.2. The predicted octanol–water partition coefficient (Wildman–Crippen LogP) is 3.47. The smallest absolute Gasteiger partial charge is 0.353 e. The van der Waals surface area contributed by atoms with Gasteiger partial charge in [0, 0.05) is 21.1 Å². The number of para-hydroxylation sites is 1. The van der Waals surface area contributed by atoms with E-state index in [0.717, 1.165) is 22.2 Å². The highest BCUT2D eigenvalue weighted by molar-refractivity contribution is 5.88. The standard InChI is InChI=1S/C11H10FNO2.C2H6/c1-7-9(6-11(14)15-12)8-4-2-3-5-10(8)13-7;1-2/h2-5,13H,6H2,1H3;1-2H3. The SMILES string of the molecule is CC.Cc1[nH]c2ccccc2c1CC(=O)OF. The molecule has 0 radical (unpaired) electrons. The second-order valence-electron chi connectivity index (χ2n) is 3.40. The maximum atomic E-state index is 11.7. The first kappa shape index (κ1) is 13.2. The van der Waals surface area contributed by atoms with E-state index in [1.54, 1.807) is 0 Å². The van der Waals surface area contributed by atoms with Crippen molar-refractivity contribution >= 4 is 16.9 Å². The summed E-state index contributed by atoms with van der Waals surface area (Å²) in [5, 5.41) is 0.931. The molecular formula is C13H16FNO2. The minimum Gasteiger partial charge on any atom is -0.358 e. The van der Waals surface area contributed by atoms with Crippen molar-refractivity contribution in [3.05, 3.63) is 35.5 Å². The van der Waals surface area contributed by atoms with Gasteiger partial charge in [0.1, 0.15) is 0 Å². The van der Waals surface area contributed by atoms with Crippen LogP contribution in [-0.4, -0.2) is 11.0 Å². The number of nitrogens with one attached hydrogen (secondary N) is 1. The molecule has 4 heteroatoms. The molecule has 1 aromatic carbocycles. The van der Waals surface area contributed by atoms with E-state index in [1.807, 2.05) is 45.0 Å². The molecular weight excluding hydrogens is 221 g/mol. The van der Waals surface area contributed by atoms with E-state index in [9.17, 15) is 9.32 Å². The number of carbonyl (C=O) groups excluding carboxylic acids is 1. The van der Waals surface area contributed by atoms with Gasteiger partial charge in [-0.3, -0.25) is 4.94 Å². The van der Waals surface area contributed by atoms with Crippen LogP contribution in [0.4, 0.5) is 4.53 Å². The van der Waals surface area contributed by atoms with Crippen LogP contribution in [0.5, 0.6) is 0 Å². The lowest BCUT2D eigenvalue weighted by Gasteiger charge is -1.96. The molecule has 2 aromatic rings. The fourth-order valence-corrected chi connectivity index (χ4v) is 1.73. The van der Waals surface area contributed by atoms with Crippen molar-refractivity contribution in [3.63, 3.8) is 0 Å². The third-order valence-electron chi connectivity index (χ3n) is 2.43. The number of halogens is 1. The molecule has 3 nitrogen and oxygen atoms in total. The van der Waals surface area contributed by atoms with Crippen LogP contribution >= 0.6 is 0 Å². The Bertz CT molecular complexity index is 505. The summed E-state index contributed by atoms with van der Waals surface area (Å²) < 4.78 is 11.7. The van der Waals surface area contributed by atoms with Crippen LogP contribution in [0.25, 0.3) is 10.9 Å². The van der Waals surface area contributed by atoms with E-state index in [1.165, 1.54) is 0 Å². The highest BCUT2D eigenvalue weighted by Gasteiger charge is 2.13. The molecule has 92 valence electrons. The van der Waals surface area contributed by atoms with Gasteiger partial charge in [-0.25, -0.2) is 4.79 Å². The van der Waals surface area contributed by atoms with Crippen LogP contribution < -0.4 is 0 Å². The molecule has 1 heterocycles. The zero-order valence-electron chi connectivity index (χ0n) is 10.2. The van der Waals surface area contributed by atoms with E-state index in [4.69, 9.17) is 0 Å². The van der Waals surface area contributed by atoms with Gasteiger partial charge in [-0.1, -0.05) is 32.0 Å². The largest absolute Gasteiger partial charge is 0.358 e. The highest BCUT2D eigenvalue weighted by Crippen LogP contribution is 2.22. The van der Waals surface area contributed by atoms with Crippen molar-refractivity contribution in [1.29, 1.82) is 0 Å². The number of rotatable bonds is 2. The van der Waals surface area contributed by atoms with E-state index in [2.05, 4.69) is 9.93 Å². The van der Waals surface area contributed by atoms with Crippen molar-refractivity contribution in [2.75, 3.05) is 0 Å². The van der Waals surface area contributed by atoms with Crippen LogP contribution in [0.15, 0.2) is 24.3 Å². The van der Waals surface area contributed by atoms with Gasteiger partial charge in [0.2, 0.25) is 0 Å². The number of fused-ring (bicyclic) bond motifs is 1. The molecule has 0 aliphatic rings. The number of hydrogen-bond donors (Lipinski definition) is 1. The second-order valence-corrected chi connectivity index (χ2v) is 3.40. The number of benzene rings is 1. The maximum absolute atomic E-state index is 11.7. The third kappa shape index (κ3) is 2.84. The van der Waals surface area contributed by atoms with Gasteiger partial charge in [-0.15, -0.1) is 0 Å². The quantitative estimate of drug-likeness (QED) is 0.868. The molecule has 1 N–H and O–H groups in total. The zero-order valence-corrected chi connectivity index (χ0v) is 10.2. The van der Waals surface area contributed by atoms with Gasteiger partial charge in [0.15, 0.2) is 0 Å². The molecule has 1 aromatic heterocycles. The van der Waals surface area contributed by atoms with E-state index >= 15 is 0 Å².